The van der Waals surface area contributed by atoms with Crippen molar-refractivity contribution in [2.45, 2.75) is 25.0 Å². The highest BCUT2D eigenvalue weighted by molar-refractivity contribution is 5.80. The van der Waals surface area contributed by atoms with Crippen molar-refractivity contribution in [3.05, 3.63) is 18.2 Å². The number of phenols is 1. The lowest BCUT2D eigenvalue weighted by Gasteiger charge is -2.34. The molecule has 0 radical (unpaired) electrons. The van der Waals surface area contributed by atoms with E-state index in [1.165, 1.54) is 0 Å². The van der Waals surface area contributed by atoms with Crippen LogP contribution in [-0.2, 0) is 4.74 Å². The first-order valence-corrected chi connectivity index (χ1v) is 5.35. The van der Waals surface area contributed by atoms with Crippen LogP contribution in [0, 0.1) is 0 Å². The van der Waals surface area contributed by atoms with Crippen molar-refractivity contribution in [3.8, 4) is 5.75 Å². The van der Waals surface area contributed by atoms with E-state index >= 15 is 0 Å². The van der Waals surface area contributed by atoms with Crippen molar-refractivity contribution in [1.29, 1.82) is 0 Å². The van der Waals surface area contributed by atoms with E-state index < -0.39 is 0 Å². The molecule has 0 unspecified atom stereocenters. The van der Waals surface area contributed by atoms with Gasteiger partial charge in [-0.2, -0.15) is 0 Å². The normalized spacial score (nSPS) is 24.6. The Hall–Kier alpha value is -1.62. The third kappa shape index (κ3) is 1.28. The van der Waals surface area contributed by atoms with Gasteiger partial charge in [0, 0.05) is 7.11 Å². The average Bonchev–Trinajstić information content (AvgIpc) is 2.62. The average molecular weight is 219 g/mol. The number of nitrogens with zero attached hydrogens (tertiary/aromatic N) is 3. The van der Waals surface area contributed by atoms with Gasteiger partial charge < -0.3 is 9.84 Å². The number of aromatic nitrogens is 3. The molecule has 0 aliphatic heterocycles. The van der Waals surface area contributed by atoms with E-state index in [-0.39, 0.29) is 5.75 Å². The maximum Gasteiger partial charge on any atom is 0.154 e. The Kier molecular flexibility index (Phi) is 2.07. The molecule has 1 heterocycles. The Morgan fingerprint density at radius 2 is 2.25 bits per heavy atom. The Balaban J connectivity index is 1.97. The summed E-state index contributed by atoms with van der Waals surface area (Å²) in [7, 11) is 1.73. The zero-order chi connectivity index (χ0) is 11.1. The minimum Gasteiger partial charge on any atom is -0.506 e. The number of hydrogen-bond donors (Lipinski definition) is 1. The first kappa shape index (κ1) is 9.59. The quantitative estimate of drug-likeness (QED) is 0.831. The molecule has 5 heteroatoms. The topological polar surface area (TPSA) is 60.2 Å². The molecule has 1 aliphatic carbocycles. The predicted molar refractivity (Wildman–Crippen MR) is 58.3 cm³/mol. The van der Waals surface area contributed by atoms with Gasteiger partial charge in [-0.3, -0.25) is 0 Å². The number of fused-ring (bicyclic) bond motifs is 1. The first-order valence-electron chi connectivity index (χ1n) is 5.35. The number of methoxy groups -OCH3 is 1. The van der Waals surface area contributed by atoms with Crippen molar-refractivity contribution in [2.75, 3.05) is 7.11 Å². The molecule has 16 heavy (non-hydrogen) atoms. The summed E-state index contributed by atoms with van der Waals surface area (Å²) in [5.74, 6) is 0.186. The molecule has 1 aliphatic rings. The van der Waals surface area contributed by atoms with Gasteiger partial charge in [0.2, 0.25) is 0 Å². The second kappa shape index (κ2) is 3.45. The molecule has 1 fully saturated rings. The van der Waals surface area contributed by atoms with Gasteiger partial charge in [0.1, 0.15) is 5.75 Å². The lowest BCUT2D eigenvalue weighted by Crippen LogP contribution is -2.33. The minimum absolute atomic E-state index is 0.186. The van der Waals surface area contributed by atoms with E-state index in [9.17, 15) is 5.11 Å². The zero-order valence-corrected chi connectivity index (χ0v) is 9.00. The zero-order valence-electron chi connectivity index (χ0n) is 9.00. The summed E-state index contributed by atoms with van der Waals surface area (Å²) in [6.45, 7) is 0. The van der Waals surface area contributed by atoms with Crippen molar-refractivity contribution in [1.82, 2.24) is 15.0 Å². The van der Waals surface area contributed by atoms with Crippen LogP contribution in [0.4, 0.5) is 0 Å². The van der Waals surface area contributed by atoms with Crippen molar-refractivity contribution >= 4 is 11.0 Å². The Morgan fingerprint density at radius 1 is 1.44 bits per heavy atom. The Morgan fingerprint density at radius 3 is 3.00 bits per heavy atom. The van der Waals surface area contributed by atoms with Crippen LogP contribution in [0.25, 0.3) is 11.0 Å². The second-order valence-electron chi connectivity index (χ2n) is 4.16. The monoisotopic (exact) mass is 219 g/mol. The minimum atomic E-state index is 0.186. The summed E-state index contributed by atoms with van der Waals surface area (Å²) in [6.07, 6.45) is 2.26. The first-order chi connectivity index (χ1) is 7.79. The molecule has 0 amide bonds. The molecule has 1 aromatic heterocycles. The van der Waals surface area contributed by atoms with Crippen molar-refractivity contribution < 1.29 is 9.84 Å². The molecule has 0 atom stereocenters. The number of aromatic hydroxyl groups is 1. The van der Waals surface area contributed by atoms with Gasteiger partial charge in [0.15, 0.2) is 5.52 Å². The predicted octanol–water partition coefficient (Wildman–Crippen LogP) is 1.49. The molecule has 5 nitrogen and oxygen atoms in total. The van der Waals surface area contributed by atoms with Gasteiger partial charge in [-0.1, -0.05) is 11.3 Å². The molecule has 0 spiro atoms. The van der Waals surface area contributed by atoms with Crippen molar-refractivity contribution in [3.63, 3.8) is 0 Å². The van der Waals surface area contributed by atoms with Crippen LogP contribution in [-0.4, -0.2) is 33.3 Å². The van der Waals surface area contributed by atoms with E-state index in [1.54, 1.807) is 13.2 Å². The highest BCUT2D eigenvalue weighted by atomic mass is 16.5. The van der Waals surface area contributed by atoms with Gasteiger partial charge in [-0.25, -0.2) is 4.68 Å². The highest BCUT2D eigenvalue weighted by Gasteiger charge is 2.32. The van der Waals surface area contributed by atoms with Crippen LogP contribution < -0.4 is 0 Å². The molecule has 2 aromatic rings. The third-order valence-corrected chi connectivity index (χ3v) is 3.23. The summed E-state index contributed by atoms with van der Waals surface area (Å²) in [6, 6.07) is 5.70. The van der Waals surface area contributed by atoms with Crippen LogP contribution in [0.5, 0.6) is 5.75 Å². The maximum atomic E-state index is 9.61. The highest BCUT2D eigenvalue weighted by Crippen LogP contribution is 2.36. The van der Waals surface area contributed by atoms with Crippen LogP contribution in [0.15, 0.2) is 18.2 Å². The van der Waals surface area contributed by atoms with Crippen LogP contribution in [0.3, 0.4) is 0 Å². The van der Waals surface area contributed by atoms with Crippen molar-refractivity contribution in [2.24, 2.45) is 0 Å². The summed E-state index contributed by atoms with van der Waals surface area (Å²) in [4.78, 5) is 0. The van der Waals surface area contributed by atoms with Crippen LogP contribution in [0.1, 0.15) is 18.9 Å². The molecule has 84 valence electrons. The third-order valence-electron chi connectivity index (χ3n) is 3.23. The summed E-state index contributed by atoms with van der Waals surface area (Å²) >= 11 is 0. The van der Waals surface area contributed by atoms with E-state index in [2.05, 4.69) is 10.3 Å². The standard InChI is InChI=1S/C11H13N3O2/c1-16-8-5-7(6-8)14-9-3-2-4-10(15)11(9)12-13-14/h2-4,7-8,15H,5-6H2,1H3. The molecular weight excluding hydrogens is 206 g/mol. The number of phenolic OH excluding ortho intramolecular Hbond substituents is 1. The SMILES string of the molecule is COC1CC(n2nnc3c(O)cccc32)C1. The molecule has 1 N–H and O–H groups in total. The van der Waals surface area contributed by atoms with Gasteiger partial charge >= 0.3 is 0 Å². The van der Waals surface area contributed by atoms with Crippen LogP contribution >= 0.6 is 0 Å². The fourth-order valence-corrected chi connectivity index (χ4v) is 2.15. The lowest BCUT2D eigenvalue weighted by atomic mass is 9.89. The number of ether oxygens (including phenoxy) is 1. The van der Waals surface area contributed by atoms with Gasteiger partial charge in [-0.05, 0) is 25.0 Å². The van der Waals surface area contributed by atoms with Crippen LogP contribution in [0.2, 0.25) is 0 Å². The molecule has 1 saturated carbocycles. The van der Waals surface area contributed by atoms with Gasteiger partial charge in [-0.15, -0.1) is 5.10 Å². The van der Waals surface area contributed by atoms with E-state index in [1.807, 2.05) is 16.8 Å². The number of rotatable bonds is 2. The molecule has 3 rings (SSSR count). The lowest BCUT2D eigenvalue weighted by molar-refractivity contribution is 0.00332. The van der Waals surface area contributed by atoms with E-state index in [4.69, 9.17) is 4.74 Å². The molecule has 1 aromatic carbocycles. The molecule has 0 bridgehead atoms. The fourth-order valence-electron chi connectivity index (χ4n) is 2.15. The number of benzene rings is 1. The molecule has 0 saturated heterocycles. The van der Waals surface area contributed by atoms with E-state index in [0.29, 0.717) is 17.7 Å². The summed E-state index contributed by atoms with van der Waals surface area (Å²) in [5.41, 5.74) is 1.46. The summed E-state index contributed by atoms with van der Waals surface area (Å²) < 4.78 is 7.12. The molecular formula is C11H13N3O2. The van der Waals surface area contributed by atoms with Gasteiger partial charge in [0.25, 0.3) is 0 Å². The maximum absolute atomic E-state index is 9.61. The van der Waals surface area contributed by atoms with E-state index in [0.717, 1.165) is 18.4 Å². The smallest absolute Gasteiger partial charge is 0.154 e. The Labute approximate surface area is 92.6 Å². The number of hydrogen-bond acceptors (Lipinski definition) is 4. The van der Waals surface area contributed by atoms with Gasteiger partial charge in [0.05, 0.1) is 17.7 Å². The Bertz CT molecular complexity index is 517. The largest absolute Gasteiger partial charge is 0.506 e. The second-order valence-corrected chi connectivity index (χ2v) is 4.16. The fraction of sp³-hybridized carbons (Fsp3) is 0.455. The summed E-state index contributed by atoms with van der Waals surface area (Å²) in [5, 5.41) is 17.7.